The van der Waals surface area contributed by atoms with Gasteiger partial charge in [0.15, 0.2) is 0 Å². The number of nitro groups is 1. The zero-order chi connectivity index (χ0) is 15.0. The Bertz CT molecular complexity index is 477. The lowest BCUT2D eigenvalue weighted by atomic mass is 10.1. The Balaban J connectivity index is 2.44. The highest BCUT2D eigenvalue weighted by molar-refractivity contribution is 5.94. The maximum atomic E-state index is 11.8. The number of rotatable bonds is 8. The van der Waals surface area contributed by atoms with Crippen LogP contribution in [-0.4, -0.2) is 44.2 Å². The number of nitro benzene ring substituents is 1. The second-order valence-electron chi connectivity index (χ2n) is 4.26. The number of ether oxygens (including phenoxy) is 1. The predicted octanol–water partition coefficient (Wildman–Crippen LogP) is 0.869. The molecule has 0 radical (unpaired) electrons. The van der Waals surface area contributed by atoms with E-state index >= 15 is 0 Å². The van der Waals surface area contributed by atoms with Gasteiger partial charge in [-0.2, -0.15) is 0 Å². The van der Waals surface area contributed by atoms with Crippen LogP contribution in [0.5, 0.6) is 0 Å². The highest BCUT2D eigenvalue weighted by Crippen LogP contribution is 2.18. The van der Waals surface area contributed by atoms with Crippen LogP contribution in [0.25, 0.3) is 0 Å². The van der Waals surface area contributed by atoms with Crippen LogP contribution in [-0.2, 0) is 4.74 Å². The number of nitrogens with zero attached hydrogens (tertiary/aromatic N) is 1. The summed E-state index contributed by atoms with van der Waals surface area (Å²) in [5.74, 6) is -0.239. The predicted molar refractivity (Wildman–Crippen MR) is 74.9 cm³/mol. The third-order valence-corrected chi connectivity index (χ3v) is 2.73. The van der Waals surface area contributed by atoms with E-state index in [0.29, 0.717) is 30.8 Å². The number of methoxy groups -OCH3 is 1. The van der Waals surface area contributed by atoms with Crippen LogP contribution < -0.4 is 10.6 Å². The van der Waals surface area contributed by atoms with Crippen molar-refractivity contribution in [3.8, 4) is 0 Å². The molecule has 1 aromatic rings. The molecule has 0 aliphatic carbocycles. The van der Waals surface area contributed by atoms with Crippen LogP contribution in [0.1, 0.15) is 15.9 Å². The van der Waals surface area contributed by atoms with Gasteiger partial charge in [-0.15, -0.1) is 0 Å². The Morgan fingerprint density at radius 3 is 2.70 bits per heavy atom. The second-order valence-corrected chi connectivity index (χ2v) is 4.26. The van der Waals surface area contributed by atoms with E-state index in [9.17, 15) is 14.9 Å². The number of hydrogen-bond donors (Lipinski definition) is 2. The molecule has 0 fully saturated rings. The van der Waals surface area contributed by atoms with Crippen LogP contribution in [0.15, 0.2) is 18.2 Å². The number of carbonyl (C=O) groups is 1. The van der Waals surface area contributed by atoms with E-state index in [2.05, 4.69) is 10.6 Å². The minimum Gasteiger partial charge on any atom is -0.383 e. The van der Waals surface area contributed by atoms with E-state index in [1.165, 1.54) is 18.2 Å². The van der Waals surface area contributed by atoms with Crippen molar-refractivity contribution in [3.63, 3.8) is 0 Å². The summed E-state index contributed by atoms with van der Waals surface area (Å²) in [5, 5.41) is 16.5. The Labute approximate surface area is 117 Å². The molecule has 0 unspecified atom stereocenters. The molecule has 1 amide bonds. The molecule has 0 aliphatic heterocycles. The normalized spacial score (nSPS) is 10.3. The van der Waals surface area contributed by atoms with Crippen molar-refractivity contribution in [3.05, 3.63) is 39.4 Å². The SMILES string of the molecule is COCCNCCNC(=O)c1ccc([N+](=O)[O-])c(C)c1. The van der Waals surface area contributed by atoms with E-state index < -0.39 is 4.92 Å². The van der Waals surface area contributed by atoms with E-state index in [1.807, 2.05) is 0 Å². The smallest absolute Gasteiger partial charge is 0.272 e. The molecule has 1 aromatic carbocycles. The Morgan fingerprint density at radius 2 is 2.10 bits per heavy atom. The minimum absolute atomic E-state index is 0.0165. The van der Waals surface area contributed by atoms with E-state index in [-0.39, 0.29) is 11.6 Å². The maximum absolute atomic E-state index is 11.8. The lowest BCUT2D eigenvalue weighted by Crippen LogP contribution is -2.33. The zero-order valence-electron chi connectivity index (χ0n) is 11.6. The maximum Gasteiger partial charge on any atom is 0.272 e. The summed E-state index contributed by atoms with van der Waals surface area (Å²) in [5.41, 5.74) is 0.911. The first-order valence-electron chi connectivity index (χ1n) is 6.29. The average Bonchev–Trinajstić information content (AvgIpc) is 2.41. The van der Waals surface area contributed by atoms with Gasteiger partial charge < -0.3 is 15.4 Å². The van der Waals surface area contributed by atoms with Crippen LogP contribution in [0.2, 0.25) is 0 Å². The number of aryl methyl sites for hydroxylation is 1. The van der Waals surface area contributed by atoms with Crippen molar-refractivity contribution in [2.24, 2.45) is 0 Å². The van der Waals surface area contributed by atoms with Crippen LogP contribution in [0, 0.1) is 17.0 Å². The quantitative estimate of drug-likeness (QED) is 0.419. The fraction of sp³-hybridized carbons (Fsp3) is 0.462. The van der Waals surface area contributed by atoms with Crippen molar-refractivity contribution in [1.82, 2.24) is 10.6 Å². The molecule has 0 heterocycles. The summed E-state index contributed by atoms with van der Waals surface area (Å²) in [6, 6.07) is 4.33. The third kappa shape index (κ3) is 4.94. The largest absolute Gasteiger partial charge is 0.383 e. The summed E-state index contributed by atoms with van der Waals surface area (Å²) in [6.45, 7) is 4.08. The topological polar surface area (TPSA) is 93.5 Å². The van der Waals surface area contributed by atoms with Crippen LogP contribution in [0.4, 0.5) is 5.69 Å². The fourth-order valence-corrected chi connectivity index (χ4v) is 1.67. The molecule has 7 nitrogen and oxygen atoms in total. The Hall–Kier alpha value is -1.99. The molecule has 20 heavy (non-hydrogen) atoms. The molecule has 0 saturated carbocycles. The van der Waals surface area contributed by atoms with E-state index in [0.717, 1.165) is 6.54 Å². The van der Waals surface area contributed by atoms with Crippen molar-refractivity contribution < 1.29 is 14.5 Å². The summed E-state index contributed by atoms with van der Waals surface area (Å²) >= 11 is 0. The fourth-order valence-electron chi connectivity index (χ4n) is 1.67. The zero-order valence-corrected chi connectivity index (χ0v) is 11.6. The van der Waals surface area contributed by atoms with Crippen LogP contribution >= 0.6 is 0 Å². The number of carbonyl (C=O) groups excluding carboxylic acids is 1. The first-order chi connectivity index (χ1) is 9.56. The average molecular weight is 281 g/mol. The van der Waals surface area contributed by atoms with Gasteiger partial charge in [0.05, 0.1) is 11.5 Å². The van der Waals surface area contributed by atoms with Gasteiger partial charge in [0, 0.05) is 43.9 Å². The van der Waals surface area contributed by atoms with Crippen molar-refractivity contribution in [2.75, 3.05) is 33.4 Å². The molecular weight excluding hydrogens is 262 g/mol. The van der Waals surface area contributed by atoms with E-state index in [4.69, 9.17) is 4.74 Å². The molecular formula is C13H19N3O4. The van der Waals surface area contributed by atoms with Crippen LogP contribution in [0.3, 0.4) is 0 Å². The summed E-state index contributed by atoms with van der Waals surface area (Å²) < 4.78 is 4.88. The first-order valence-corrected chi connectivity index (χ1v) is 6.29. The highest BCUT2D eigenvalue weighted by atomic mass is 16.6. The Morgan fingerprint density at radius 1 is 1.35 bits per heavy atom. The summed E-state index contributed by atoms with van der Waals surface area (Å²) in [4.78, 5) is 22.1. The van der Waals surface area contributed by atoms with Gasteiger partial charge in [0.1, 0.15) is 0 Å². The molecule has 0 saturated heterocycles. The van der Waals surface area contributed by atoms with Gasteiger partial charge >= 0.3 is 0 Å². The molecule has 7 heteroatoms. The van der Waals surface area contributed by atoms with E-state index in [1.54, 1.807) is 14.0 Å². The monoisotopic (exact) mass is 281 g/mol. The van der Waals surface area contributed by atoms with Gasteiger partial charge in [-0.1, -0.05) is 0 Å². The lowest BCUT2D eigenvalue weighted by Gasteiger charge is -2.07. The van der Waals surface area contributed by atoms with Gasteiger partial charge in [-0.3, -0.25) is 14.9 Å². The van der Waals surface area contributed by atoms with Crippen molar-refractivity contribution in [2.45, 2.75) is 6.92 Å². The summed E-state index contributed by atoms with van der Waals surface area (Å²) in [6.07, 6.45) is 0. The number of amides is 1. The molecule has 0 bridgehead atoms. The summed E-state index contributed by atoms with van der Waals surface area (Å²) in [7, 11) is 1.63. The standard InChI is InChI=1S/C13H19N3O4/c1-10-9-11(3-4-12(10)16(18)19)13(17)15-6-5-14-7-8-20-2/h3-4,9,14H,5-8H2,1-2H3,(H,15,17). The molecule has 0 aromatic heterocycles. The van der Waals surface area contributed by atoms with Gasteiger partial charge in [-0.25, -0.2) is 0 Å². The second kappa shape index (κ2) is 8.23. The van der Waals surface area contributed by atoms with Gasteiger partial charge in [-0.05, 0) is 19.1 Å². The Kier molecular flexibility index (Phi) is 6.61. The molecule has 2 N–H and O–H groups in total. The number of hydrogen-bond acceptors (Lipinski definition) is 5. The first kappa shape index (κ1) is 16.1. The minimum atomic E-state index is -0.462. The molecule has 0 aliphatic rings. The van der Waals surface area contributed by atoms with Crippen molar-refractivity contribution >= 4 is 11.6 Å². The lowest BCUT2D eigenvalue weighted by molar-refractivity contribution is -0.385. The number of nitrogens with one attached hydrogen (secondary N) is 2. The molecule has 0 atom stereocenters. The molecule has 110 valence electrons. The number of benzene rings is 1. The third-order valence-electron chi connectivity index (χ3n) is 2.73. The molecule has 1 rings (SSSR count). The molecule has 0 spiro atoms. The van der Waals surface area contributed by atoms with Gasteiger partial charge in [0.25, 0.3) is 11.6 Å². The highest BCUT2D eigenvalue weighted by Gasteiger charge is 2.13. The van der Waals surface area contributed by atoms with Crippen molar-refractivity contribution in [1.29, 1.82) is 0 Å². The van der Waals surface area contributed by atoms with Gasteiger partial charge in [0.2, 0.25) is 0 Å².